The summed E-state index contributed by atoms with van der Waals surface area (Å²) in [7, 11) is -6.42. The summed E-state index contributed by atoms with van der Waals surface area (Å²) < 4.78 is 41.3. The van der Waals surface area contributed by atoms with Crippen LogP contribution in [0.3, 0.4) is 0 Å². The molecule has 0 radical (unpaired) electrons. The molecule has 0 heterocycles. The highest BCUT2D eigenvalue weighted by Crippen LogP contribution is 2.40. The predicted octanol–water partition coefficient (Wildman–Crippen LogP) is 4.60. The fraction of sp³-hybridized carbons (Fsp3) is 0.552. The molecule has 0 bridgehead atoms. The topological polar surface area (TPSA) is 90.9 Å². The Kier molecular flexibility index (Phi) is 9.50. The molecule has 7 nitrogen and oxygen atoms in total. The average Bonchev–Trinajstić information content (AvgIpc) is 2.81. The second-order valence-corrected chi connectivity index (χ2v) is 18.1. The fourth-order valence-corrected chi connectivity index (χ4v) is 10.5. The molecule has 9 heteroatoms. The molecule has 1 unspecified atom stereocenters. The van der Waals surface area contributed by atoms with Gasteiger partial charge in [-0.1, -0.05) is 81.4 Å². The Morgan fingerprint density at radius 1 is 0.921 bits per heavy atom. The monoisotopic (exact) mass is 561 g/mol. The summed E-state index contributed by atoms with van der Waals surface area (Å²) in [5.74, 6) is -0.0383. The molecule has 210 valence electrons. The second-order valence-electron chi connectivity index (χ2n) is 12.2. The first-order valence-corrected chi connectivity index (χ1v) is 17.0. The lowest BCUT2D eigenvalue weighted by Gasteiger charge is -2.48. The van der Waals surface area contributed by atoms with Gasteiger partial charge in [-0.05, 0) is 61.4 Å². The van der Waals surface area contributed by atoms with Crippen LogP contribution in [0.5, 0.6) is 0 Å². The Morgan fingerprint density at radius 3 is 1.89 bits per heavy atom. The second kappa shape index (κ2) is 11.9. The van der Waals surface area contributed by atoms with Crippen LogP contribution in [0, 0.1) is 5.92 Å². The minimum atomic E-state index is -3.56. The van der Waals surface area contributed by atoms with Crippen LogP contribution in [0.4, 0.5) is 4.79 Å². The third-order valence-electron chi connectivity index (χ3n) is 6.86. The maximum atomic E-state index is 12.9. The molecule has 38 heavy (non-hydrogen) atoms. The molecule has 1 fully saturated rings. The molecule has 0 saturated heterocycles. The van der Waals surface area contributed by atoms with Crippen LogP contribution in [-0.2, 0) is 23.5 Å². The molecule has 3 rings (SSSR count). The Balaban J connectivity index is 2.01. The Morgan fingerprint density at radius 2 is 1.45 bits per heavy atom. The Labute approximate surface area is 229 Å². The average molecular weight is 562 g/mol. The van der Waals surface area contributed by atoms with E-state index < -0.39 is 30.1 Å². The van der Waals surface area contributed by atoms with Crippen molar-refractivity contribution in [2.75, 3.05) is 12.9 Å². The SMILES string of the molecule is CC(C)(C)OC(=O)N[C@H]1C[C@H](COS(C)(=O)=O)CCC1O[Si](c1ccccc1)(c1ccccc1)C(C)(C)C. The number of ether oxygens (including phenoxy) is 1. The minimum absolute atomic E-state index is 0.0383. The van der Waals surface area contributed by atoms with Gasteiger partial charge in [0, 0.05) is 0 Å². The van der Waals surface area contributed by atoms with Gasteiger partial charge in [0.2, 0.25) is 0 Å². The van der Waals surface area contributed by atoms with Crippen molar-refractivity contribution in [1.29, 1.82) is 0 Å². The van der Waals surface area contributed by atoms with Crippen molar-refractivity contribution < 1.29 is 26.6 Å². The lowest BCUT2D eigenvalue weighted by Crippen LogP contribution is -2.69. The van der Waals surface area contributed by atoms with E-state index in [0.29, 0.717) is 12.8 Å². The van der Waals surface area contributed by atoms with Gasteiger partial charge in [0.15, 0.2) is 0 Å². The summed E-state index contributed by atoms with van der Waals surface area (Å²) >= 11 is 0. The van der Waals surface area contributed by atoms with E-state index in [1.54, 1.807) is 0 Å². The molecule has 1 amide bonds. The number of alkyl carbamates (subject to hydrolysis) is 1. The van der Waals surface area contributed by atoms with Gasteiger partial charge >= 0.3 is 6.09 Å². The number of carbonyl (C=O) groups excluding carboxylic acids is 1. The molecular formula is C29H43NO6SSi. The zero-order valence-electron chi connectivity index (χ0n) is 23.7. The first kappa shape index (κ1) is 30.3. The van der Waals surface area contributed by atoms with Crippen LogP contribution < -0.4 is 15.7 Å². The van der Waals surface area contributed by atoms with Crippen molar-refractivity contribution in [1.82, 2.24) is 5.32 Å². The molecule has 1 aliphatic carbocycles. The Bertz CT molecular complexity index is 1120. The number of carbonyl (C=O) groups is 1. The van der Waals surface area contributed by atoms with Crippen molar-refractivity contribution in [3.05, 3.63) is 60.7 Å². The lowest BCUT2D eigenvalue weighted by atomic mass is 9.84. The van der Waals surface area contributed by atoms with Crippen LogP contribution in [0.15, 0.2) is 60.7 Å². The summed E-state index contributed by atoms with van der Waals surface area (Å²) in [6.45, 7) is 12.2. The van der Waals surface area contributed by atoms with E-state index in [9.17, 15) is 13.2 Å². The highest BCUT2D eigenvalue weighted by Gasteiger charge is 2.53. The number of amides is 1. The van der Waals surface area contributed by atoms with Crippen LogP contribution in [-0.4, -0.2) is 53.4 Å². The lowest BCUT2D eigenvalue weighted by molar-refractivity contribution is 0.0310. The van der Waals surface area contributed by atoms with Gasteiger partial charge in [-0.3, -0.25) is 4.18 Å². The summed E-state index contributed by atoms with van der Waals surface area (Å²) in [4.78, 5) is 12.9. The fourth-order valence-electron chi connectivity index (χ4n) is 5.27. The van der Waals surface area contributed by atoms with E-state index in [4.69, 9.17) is 13.3 Å². The highest BCUT2D eigenvalue weighted by atomic mass is 32.2. The summed E-state index contributed by atoms with van der Waals surface area (Å²) in [5, 5.41) is 5.17. The molecule has 1 saturated carbocycles. The quantitative estimate of drug-likeness (QED) is 0.374. The van der Waals surface area contributed by atoms with Gasteiger partial charge < -0.3 is 14.5 Å². The number of benzene rings is 2. The van der Waals surface area contributed by atoms with Crippen LogP contribution >= 0.6 is 0 Å². The third-order valence-corrected chi connectivity index (χ3v) is 12.5. The van der Waals surface area contributed by atoms with E-state index >= 15 is 0 Å². The molecule has 2 aromatic carbocycles. The maximum Gasteiger partial charge on any atom is 0.407 e. The first-order valence-electron chi connectivity index (χ1n) is 13.2. The Hall–Kier alpha value is -2.20. The molecule has 0 aliphatic heterocycles. The van der Waals surface area contributed by atoms with Crippen molar-refractivity contribution >= 4 is 34.9 Å². The van der Waals surface area contributed by atoms with Crippen molar-refractivity contribution in [3.63, 3.8) is 0 Å². The van der Waals surface area contributed by atoms with Crippen molar-refractivity contribution in [2.45, 2.75) is 83.6 Å². The normalized spacial score (nSPS) is 21.1. The van der Waals surface area contributed by atoms with Crippen molar-refractivity contribution in [2.24, 2.45) is 5.92 Å². The zero-order valence-corrected chi connectivity index (χ0v) is 25.5. The predicted molar refractivity (Wildman–Crippen MR) is 154 cm³/mol. The van der Waals surface area contributed by atoms with Crippen LogP contribution in [0.2, 0.25) is 5.04 Å². The van der Waals surface area contributed by atoms with E-state index in [0.717, 1.165) is 23.1 Å². The van der Waals surface area contributed by atoms with E-state index in [2.05, 4.69) is 50.4 Å². The first-order chi connectivity index (χ1) is 17.6. The van der Waals surface area contributed by atoms with E-state index in [-0.39, 0.29) is 29.7 Å². The number of nitrogens with one attached hydrogen (secondary N) is 1. The molecule has 3 atom stereocenters. The van der Waals surface area contributed by atoms with Gasteiger partial charge in [0.05, 0.1) is 25.0 Å². The van der Waals surface area contributed by atoms with Gasteiger partial charge in [0.1, 0.15) is 5.60 Å². The van der Waals surface area contributed by atoms with Gasteiger partial charge in [-0.2, -0.15) is 8.42 Å². The van der Waals surface area contributed by atoms with Gasteiger partial charge in [-0.15, -0.1) is 0 Å². The largest absolute Gasteiger partial charge is 0.444 e. The zero-order chi connectivity index (χ0) is 28.2. The molecule has 0 spiro atoms. The minimum Gasteiger partial charge on any atom is -0.444 e. The van der Waals surface area contributed by atoms with E-state index in [1.165, 1.54) is 0 Å². The number of hydrogen-bond acceptors (Lipinski definition) is 6. The van der Waals surface area contributed by atoms with E-state index in [1.807, 2.05) is 57.2 Å². The third kappa shape index (κ3) is 7.91. The molecule has 1 N–H and O–H groups in total. The highest BCUT2D eigenvalue weighted by molar-refractivity contribution is 7.85. The summed E-state index contributed by atoms with van der Waals surface area (Å²) in [5.41, 5.74) is -0.647. The molecular weight excluding hydrogens is 518 g/mol. The number of hydrogen-bond donors (Lipinski definition) is 1. The van der Waals surface area contributed by atoms with Gasteiger partial charge in [0.25, 0.3) is 18.4 Å². The molecule has 1 aliphatic rings. The number of rotatable bonds is 8. The maximum absolute atomic E-state index is 12.9. The summed E-state index contributed by atoms with van der Waals surface area (Å²) in [6.07, 6.45) is 2.17. The molecule has 0 aromatic heterocycles. The molecule has 2 aromatic rings. The van der Waals surface area contributed by atoms with Gasteiger partial charge in [-0.25, -0.2) is 4.79 Å². The standard InChI is InChI=1S/C29H43NO6SSi/c1-28(2,3)35-27(31)30-25-20-22(21-34-37(7,32)33)18-19-26(25)36-38(29(4,5)6,23-14-10-8-11-15-23)24-16-12-9-13-17-24/h8-17,22,25-26H,18-21H2,1-7H3,(H,30,31)/t22-,25+,26?/m1/s1. The van der Waals surface area contributed by atoms with Crippen molar-refractivity contribution in [3.8, 4) is 0 Å². The smallest absolute Gasteiger partial charge is 0.407 e. The van der Waals surface area contributed by atoms with Crippen LogP contribution in [0.1, 0.15) is 60.8 Å². The van der Waals surface area contributed by atoms with Crippen LogP contribution in [0.25, 0.3) is 0 Å². The summed E-state index contributed by atoms with van der Waals surface area (Å²) in [6, 6.07) is 20.4.